The minimum atomic E-state index is 0. The first kappa shape index (κ1) is 10.6. The van der Waals surface area contributed by atoms with Crippen LogP contribution >= 0.6 is 12.4 Å². The fraction of sp³-hybridized carbons (Fsp3) is 0.455. The van der Waals surface area contributed by atoms with E-state index < -0.39 is 0 Å². The topological polar surface area (TPSA) is 3.24 Å². The summed E-state index contributed by atoms with van der Waals surface area (Å²) in [6, 6.07) is 11.6. The molecule has 1 aliphatic rings. The molecular weight excluding hydrogens is 182 g/mol. The van der Waals surface area contributed by atoms with Crippen molar-refractivity contribution >= 4 is 12.4 Å². The molecule has 0 aliphatic heterocycles. The molecule has 0 amide bonds. The number of hydrogen-bond donors (Lipinski definition) is 0. The monoisotopic (exact) mass is 197 g/mol. The van der Waals surface area contributed by atoms with Gasteiger partial charge in [0.15, 0.2) is 0 Å². The average Bonchev–Trinajstić information content (AvgIpc) is 2.84. The van der Waals surface area contributed by atoms with Crippen LogP contribution in [0.25, 0.3) is 0 Å². The summed E-state index contributed by atoms with van der Waals surface area (Å²) in [7, 11) is 4.32. The van der Waals surface area contributed by atoms with Crippen LogP contribution in [0.15, 0.2) is 30.3 Å². The van der Waals surface area contributed by atoms with Crippen molar-refractivity contribution in [2.24, 2.45) is 0 Å². The summed E-state index contributed by atoms with van der Waals surface area (Å²) in [6.45, 7) is 0. The molecule has 13 heavy (non-hydrogen) atoms. The van der Waals surface area contributed by atoms with Gasteiger partial charge in [-0.3, -0.25) is 0 Å². The molecule has 1 aromatic carbocycles. The molecule has 1 fully saturated rings. The van der Waals surface area contributed by atoms with E-state index in [2.05, 4.69) is 49.3 Å². The third kappa shape index (κ3) is 2.23. The molecule has 0 radical (unpaired) electrons. The minimum absolute atomic E-state index is 0. The zero-order chi connectivity index (χ0) is 8.55. The van der Waals surface area contributed by atoms with Crippen molar-refractivity contribution in [3.63, 3.8) is 0 Å². The van der Waals surface area contributed by atoms with Gasteiger partial charge in [-0.05, 0) is 26.1 Å². The van der Waals surface area contributed by atoms with Gasteiger partial charge in [-0.25, -0.2) is 0 Å². The Hall–Kier alpha value is -0.530. The molecule has 0 saturated heterocycles. The van der Waals surface area contributed by atoms with Gasteiger partial charge in [-0.1, -0.05) is 30.3 Å². The van der Waals surface area contributed by atoms with Gasteiger partial charge < -0.3 is 4.90 Å². The van der Waals surface area contributed by atoms with Crippen LogP contribution in [0.3, 0.4) is 0 Å². The molecule has 1 saturated carbocycles. The van der Waals surface area contributed by atoms with Gasteiger partial charge in [-0.2, -0.15) is 0 Å². The average molecular weight is 198 g/mol. The highest BCUT2D eigenvalue weighted by molar-refractivity contribution is 5.85. The van der Waals surface area contributed by atoms with Crippen molar-refractivity contribution in [2.45, 2.75) is 18.4 Å². The molecule has 0 N–H and O–H groups in total. The Morgan fingerprint density at radius 1 is 1.15 bits per heavy atom. The number of halogens is 1. The second kappa shape index (κ2) is 4.12. The Bertz CT molecular complexity index is 258. The molecule has 1 nitrogen and oxygen atoms in total. The summed E-state index contributed by atoms with van der Waals surface area (Å²) in [6.07, 6.45) is 1.33. The first-order valence-electron chi connectivity index (χ1n) is 4.50. The standard InChI is InChI=1S/C11H15N.ClH/c1-12(2)11-8-10(11)9-6-4-3-5-7-9;/h3-7,10-11H,8H2,1-2H3;1H/t10-,11+;/m1./s1. The van der Waals surface area contributed by atoms with E-state index in [1.165, 1.54) is 12.0 Å². The molecule has 0 aromatic heterocycles. The third-order valence-corrected chi connectivity index (χ3v) is 2.65. The SMILES string of the molecule is CN(C)[C@H]1C[C@@H]1c1ccccc1.Cl. The minimum Gasteiger partial charge on any atom is -0.306 e. The summed E-state index contributed by atoms with van der Waals surface area (Å²) < 4.78 is 0. The van der Waals surface area contributed by atoms with Crippen LogP contribution < -0.4 is 0 Å². The van der Waals surface area contributed by atoms with E-state index in [1.54, 1.807) is 0 Å². The van der Waals surface area contributed by atoms with E-state index in [-0.39, 0.29) is 12.4 Å². The van der Waals surface area contributed by atoms with Crippen molar-refractivity contribution in [2.75, 3.05) is 14.1 Å². The van der Waals surface area contributed by atoms with E-state index in [0.29, 0.717) is 0 Å². The van der Waals surface area contributed by atoms with E-state index in [4.69, 9.17) is 0 Å². The predicted octanol–water partition coefficient (Wildman–Crippen LogP) is 2.53. The van der Waals surface area contributed by atoms with Crippen LogP contribution in [0.1, 0.15) is 17.9 Å². The van der Waals surface area contributed by atoms with Gasteiger partial charge in [0.2, 0.25) is 0 Å². The summed E-state index contributed by atoms with van der Waals surface area (Å²) in [5.74, 6) is 0.793. The largest absolute Gasteiger partial charge is 0.306 e. The maximum atomic E-state index is 2.32. The molecule has 72 valence electrons. The lowest BCUT2D eigenvalue weighted by molar-refractivity contribution is 0.391. The number of likely N-dealkylation sites (N-methyl/N-ethyl adjacent to an activating group) is 1. The highest BCUT2D eigenvalue weighted by Crippen LogP contribution is 2.43. The van der Waals surface area contributed by atoms with Gasteiger partial charge in [-0.15, -0.1) is 12.4 Å². The fourth-order valence-electron chi connectivity index (χ4n) is 1.81. The van der Waals surface area contributed by atoms with Gasteiger partial charge >= 0.3 is 0 Å². The second-order valence-electron chi connectivity index (χ2n) is 3.78. The van der Waals surface area contributed by atoms with E-state index in [1.807, 2.05) is 0 Å². The van der Waals surface area contributed by atoms with Crippen LogP contribution in [0, 0.1) is 0 Å². The lowest BCUT2D eigenvalue weighted by atomic mass is 10.1. The van der Waals surface area contributed by atoms with Crippen LogP contribution in [-0.4, -0.2) is 25.0 Å². The zero-order valence-electron chi connectivity index (χ0n) is 8.10. The van der Waals surface area contributed by atoms with Crippen LogP contribution in [0.4, 0.5) is 0 Å². The first-order valence-corrected chi connectivity index (χ1v) is 4.50. The van der Waals surface area contributed by atoms with Crippen molar-refractivity contribution in [3.05, 3.63) is 35.9 Å². The molecule has 0 spiro atoms. The Labute approximate surface area is 86.2 Å². The Balaban J connectivity index is 0.000000845. The van der Waals surface area contributed by atoms with Gasteiger partial charge in [0.25, 0.3) is 0 Å². The summed E-state index contributed by atoms with van der Waals surface area (Å²) in [5.41, 5.74) is 1.50. The quantitative estimate of drug-likeness (QED) is 0.705. The summed E-state index contributed by atoms with van der Waals surface area (Å²) >= 11 is 0. The lowest BCUT2D eigenvalue weighted by Gasteiger charge is -2.08. The predicted molar refractivity (Wildman–Crippen MR) is 58.5 cm³/mol. The Morgan fingerprint density at radius 2 is 1.77 bits per heavy atom. The first-order chi connectivity index (χ1) is 5.79. The van der Waals surface area contributed by atoms with Crippen molar-refractivity contribution < 1.29 is 0 Å². The normalized spacial score (nSPS) is 25.5. The van der Waals surface area contributed by atoms with E-state index >= 15 is 0 Å². The molecule has 0 heterocycles. The highest BCUT2D eigenvalue weighted by Gasteiger charge is 2.39. The molecule has 1 aromatic rings. The molecule has 2 atom stereocenters. The lowest BCUT2D eigenvalue weighted by Crippen LogP contribution is -2.15. The van der Waals surface area contributed by atoms with E-state index in [0.717, 1.165) is 12.0 Å². The van der Waals surface area contributed by atoms with E-state index in [9.17, 15) is 0 Å². The maximum Gasteiger partial charge on any atom is 0.0165 e. The molecular formula is C11H16ClN. The summed E-state index contributed by atoms with van der Waals surface area (Å²) in [5, 5.41) is 0. The summed E-state index contributed by atoms with van der Waals surface area (Å²) in [4.78, 5) is 2.32. The molecule has 0 bridgehead atoms. The number of hydrogen-bond acceptors (Lipinski definition) is 1. The van der Waals surface area contributed by atoms with Crippen molar-refractivity contribution in [1.82, 2.24) is 4.90 Å². The van der Waals surface area contributed by atoms with Crippen molar-refractivity contribution in [3.8, 4) is 0 Å². The third-order valence-electron chi connectivity index (χ3n) is 2.65. The fourth-order valence-corrected chi connectivity index (χ4v) is 1.81. The number of benzene rings is 1. The van der Waals surface area contributed by atoms with Gasteiger partial charge in [0.05, 0.1) is 0 Å². The van der Waals surface area contributed by atoms with Crippen LogP contribution in [0.2, 0.25) is 0 Å². The number of nitrogens with zero attached hydrogens (tertiary/aromatic N) is 1. The second-order valence-corrected chi connectivity index (χ2v) is 3.78. The Morgan fingerprint density at radius 3 is 2.23 bits per heavy atom. The number of rotatable bonds is 2. The van der Waals surface area contributed by atoms with Gasteiger partial charge in [0.1, 0.15) is 0 Å². The van der Waals surface area contributed by atoms with Crippen LogP contribution in [0.5, 0.6) is 0 Å². The van der Waals surface area contributed by atoms with Crippen molar-refractivity contribution in [1.29, 1.82) is 0 Å². The molecule has 2 heteroatoms. The molecule has 1 aliphatic carbocycles. The zero-order valence-corrected chi connectivity index (χ0v) is 8.92. The van der Waals surface area contributed by atoms with Gasteiger partial charge in [0, 0.05) is 12.0 Å². The maximum absolute atomic E-state index is 2.32. The molecule has 0 unspecified atom stereocenters. The smallest absolute Gasteiger partial charge is 0.0165 e. The molecule has 2 rings (SSSR count). The Kier molecular flexibility index (Phi) is 3.34. The highest BCUT2D eigenvalue weighted by atomic mass is 35.5. The van der Waals surface area contributed by atoms with Crippen LogP contribution in [-0.2, 0) is 0 Å².